The second-order valence-electron chi connectivity index (χ2n) is 4.63. The van der Waals surface area contributed by atoms with Crippen molar-refractivity contribution in [1.29, 1.82) is 0 Å². The minimum absolute atomic E-state index is 0.0449. The molecule has 0 saturated carbocycles. The Labute approximate surface area is 113 Å². The SMILES string of the molecule is Cc1ccc(OCC(=O)N2CCS(=O)(=O)CC2)cc1. The van der Waals surface area contributed by atoms with Crippen molar-refractivity contribution in [3.8, 4) is 5.75 Å². The number of benzene rings is 1. The first-order valence-corrected chi connectivity index (χ1v) is 7.96. The summed E-state index contributed by atoms with van der Waals surface area (Å²) >= 11 is 0. The quantitative estimate of drug-likeness (QED) is 0.816. The van der Waals surface area contributed by atoms with Crippen LogP contribution in [0.1, 0.15) is 5.56 Å². The maximum atomic E-state index is 11.9. The number of sulfone groups is 1. The first-order chi connectivity index (χ1) is 8.96. The number of carbonyl (C=O) groups is 1. The molecule has 0 bridgehead atoms. The zero-order chi connectivity index (χ0) is 13.9. The highest BCUT2D eigenvalue weighted by Crippen LogP contribution is 2.12. The van der Waals surface area contributed by atoms with Crippen LogP contribution >= 0.6 is 0 Å². The summed E-state index contributed by atoms with van der Waals surface area (Å²) in [6.45, 7) is 2.45. The summed E-state index contributed by atoms with van der Waals surface area (Å²) in [6.07, 6.45) is 0. The molecular formula is C13H17NO4S. The third-order valence-electron chi connectivity index (χ3n) is 3.08. The minimum atomic E-state index is -2.96. The van der Waals surface area contributed by atoms with Gasteiger partial charge < -0.3 is 9.64 Å². The third kappa shape index (κ3) is 3.96. The number of ether oxygens (including phenoxy) is 1. The largest absolute Gasteiger partial charge is 0.484 e. The van der Waals surface area contributed by atoms with Crippen LogP contribution in [-0.2, 0) is 14.6 Å². The van der Waals surface area contributed by atoms with Gasteiger partial charge in [-0.15, -0.1) is 0 Å². The molecule has 0 aromatic heterocycles. The maximum absolute atomic E-state index is 11.9. The maximum Gasteiger partial charge on any atom is 0.260 e. The van der Waals surface area contributed by atoms with Gasteiger partial charge in [0.05, 0.1) is 11.5 Å². The molecule has 1 fully saturated rings. The van der Waals surface area contributed by atoms with Crippen LogP contribution in [-0.4, -0.2) is 50.4 Å². The molecule has 1 saturated heterocycles. The van der Waals surface area contributed by atoms with E-state index in [4.69, 9.17) is 4.74 Å². The molecule has 5 nitrogen and oxygen atoms in total. The van der Waals surface area contributed by atoms with E-state index in [0.717, 1.165) is 5.56 Å². The van der Waals surface area contributed by atoms with Gasteiger partial charge in [0.2, 0.25) is 0 Å². The molecular weight excluding hydrogens is 266 g/mol. The number of aryl methyl sites for hydroxylation is 1. The monoisotopic (exact) mass is 283 g/mol. The zero-order valence-corrected chi connectivity index (χ0v) is 11.6. The van der Waals surface area contributed by atoms with Crippen molar-refractivity contribution < 1.29 is 17.9 Å². The lowest BCUT2D eigenvalue weighted by Gasteiger charge is -2.26. The fraction of sp³-hybridized carbons (Fsp3) is 0.462. The van der Waals surface area contributed by atoms with E-state index in [2.05, 4.69) is 0 Å². The zero-order valence-electron chi connectivity index (χ0n) is 10.8. The van der Waals surface area contributed by atoms with Gasteiger partial charge in [0.1, 0.15) is 5.75 Å². The van der Waals surface area contributed by atoms with Gasteiger partial charge in [0.15, 0.2) is 16.4 Å². The van der Waals surface area contributed by atoms with E-state index < -0.39 is 9.84 Å². The third-order valence-corrected chi connectivity index (χ3v) is 4.69. The fourth-order valence-corrected chi connectivity index (χ4v) is 3.03. The Hall–Kier alpha value is -1.56. The summed E-state index contributed by atoms with van der Waals surface area (Å²) in [5.74, 6) is 0.561. The summed E-state index contributed by atoms with van der Waals surface area (Å²) < 4.78 is 27.9. The number of amides is 1. The molecule has 0 N–H and O–H groups in total. The van der Waals surface area contributed by atoms with Crippen LogP contribution < -0.4 is 4.74 Å². The molecule has 0 radical (unpaired) electrons. The first kappa shape index (κ1) is 13.9. The molecule has 1 heterocycles. The van der Waals surface area contributed by atoms with Gasteiger partial charge in [-0.25, -0.2) is 8.42 Å². The van der Waals surface area contributed by atoms with Gasteiger partial charge in [-0.3, -0.25) is 4.79 Å². The van der Waals surface area contributed by atoms with E-state index in [0.29, 0.717) is 5.75 Å². The molecule has 104 valence electrons. The number of nitrogens with zero attached hydrogens (tertiary/aromatic N) is 1. The molecule has 0 spiro atoms. The van der Waals surface area contributed by atoms with Crippen LogP contribution in [0.3, 0.4) is 0 Å². The Morgan fingerprint density at radius 2 is 1.79 bits per heavy atom. The Morgan fingerprint density at radius 3 is 2.37 bits per heavy atom. The average Bonchev–Trinajstić information content (AvgIpc) is 2.37. The van der Waals surface area contributed by atoms with E-state index in [-0.39, 0.29) is 37.1 Å². The van der Waals surface area contributed by atoms with Crippen LogP contribution in [0.5, 0.6) is 5.75 Å². The number of hydrogen-bond donors (Lipinski definition) is 0. The predicted octanol–water partition coefficient (Wildman–Crippen LogP) is 0.631. The van der Waals surface area contributed by atoms with Crippen molar-refractivity contribution in [1.82, 2.24) is 4.90 Å². The van der Waals surface area contributed by atoms with E-state index in [1.807, 2.05) is 31.2 Å². The van der Waals surface area contributed by atoms with Gasteiger partial charge in [0.25, 0.3) is 5.91 Å². The Kier molecular flexibility index (Phi) is 4.09. The van der Waals surface area contributed by atoms with Crippen LogP contribution in [0.25, 0.3) is 0 Å². The molecule has 1 aromatic carbocycles. The van der Waals surface area contributed by atoms with Gasteiger partial charge >= 0.3 is 0 Å². The molecule has 1 aromatic rings. The van der Waals surface area contributed by atoms with Gasteiger partial charge in [-0.2, -0.15) is 0 Å². The Morgan fingerprint density at radius 1 is 1.21 bits per heavy atom. The van der Waals surface area contributed by atoms with Crippen LogP contribution in [0, 0.1) is 6.92 Å². The van der Waals surface area contributed by atoms with Gasteiger partial charge in [0, 0.05) is 13.1 Å². The molecule has 1 aliphatic rings. The summed E-state index contributed by atoms with van der Waals surface area (Å²) in [5, 5.41) is 0. The molecule has 1 amide bonds. The Bertz CT molecular complexity index is 537. The molecule has 2 rings (SSSR count). The fourth-order valence-electron chi connectivity index (χ4n) is 1.83. The van der Waals surface area contributed by atoms with E-state index in [9.17, 15) is 13.2 Å². The highest BCUT2D eigenvalue weighted by molar-refractivity contribution is 7.91. The van der Waals surface area contributed by atoms with Crippen molar-refractivity contribution in [2.75, 3.05) is 31.2 Å². The first-order valence-electron chi connectivity index (χ1n) is 6.14. The van der Waals surface area contributed by atoms with E-state index in [1.165, 1.54) is 4.90 Å². The lowest BCUT2D eigenvalue weighted by molar-refractivity contribution is -0.133. The number of carbonyl (C=O) groups excluding carboxylic acids is 1. The molecule has 0 atom stereocenters. The molecule has 0 aliphatic carbocycles. The summed E-state index contributed by atoms with van der Waals surface area (Å²) in [4.78, 5) is 13.4. The minimum Gasteiger partial charge on any atom is -0.484 e. The van der Waals surface area contributed by atoms with Crippen LogP contribution in [0.4, 0.5) is 0 Å². The van der Waals surface area contributed by atoms with Crippen LogP contribution in [0.15, 0.2) is 24.3 Å². The van der Waals surface area contributed by atoms with E-state index in [1.54, 1.807) is 0 Å². The van der Waals surface area contributed by atoms with Crippen molar-refractivity contribution in [2.24, 2.45) is 0 Å². The summed E-state index contributed by atoms with van der Waals surface area (Å²) in [5.41, 5.74) is 1.12. The van der Waals surface area contributed by atoms with Crippen molar-refractivity contribution in [3.05, 3.63) is 29.8 Å². The number of rotatable bonds is 3. The van der Waals surface area contributed by atoms with Crippen molar-refractivity contribution in [3.63, 3.8) is 0 Å². The van der Waals surface area contributed by atoms with Gasteiger partial charge in [-0.05, 0) is 19.1 Å². The van der Waals surface area contributed by atoms with Crippen molar-refractivity contribution in [2.45, 2.75) is 6.92 Å². The molecule has 19 heavy (non-hydrogen) atoms. The lowest BCUT2D eigenvalue weighted by atomic mass is 10.2. The predicted molar refractivity (Wildman–Crippen MR) is 71.9 cm³/mol. The van der Waals surface area contributed by atoms with Crippen LogP contribution in [0.2, 0.25) is 0 Å². The highest BCUT2D eigenvalue weighted by Gasteiger charge is 2.24. The van der Waals surface area contributed by atoms with Gasteiger partial charge in [-0.1, -0.05) is 17.7 Å². The molecule has 1 aliphatic heterocycles. The summed E-state index contributed by atoms with van der Waals surface area (Å²) in [7, 11) is -2.96. The van der Waals surface area contributed by atoms with Crippen molar-refractivity contribution >= 4 is 15.7 Å². The second-order valence-corrected chi connectivity index (χ2v) is 6.94. The van der Waals surface area contributed by atoms with E-state index >= 15 is 0 Å². The number of hydrogen-bond acceptors (Lipinski definition) is 4. The topological polar surface area (TPSA) is 63.7 Å². The molecule has 0 unspecified atom stereocenters. The lowest BCUT2D eigenvalue weighted by Crippen LogP contribution is -2.45. The average molecular weight is 283 g/mol. The smallest absolute Gasteiger partial charge is 0.260 e. The normalized spacial score (nSPS) is 18.1. The standard InChI is InChI=1S/C13H17NO4S/c1-11-2-4-12(5-3-11)18-10-13(15)14-6-8-19(16,17)9-7-14/h2-5H,6-10H2,1H3. The highest BCUT2D eigenvalue weighted by atomic mass is 32.2. The summed E-state index contributed by atoms with van der Waals surface area (Å²) in [6, 6.07) is 7.44. The molecule has 6 heteroatoms. The second kappa shape index (κ2) is 5.61. The Balaban J connectivity index is 1.83.